The highest BCUT2D eigenvalue weighted by molar-refractivity contribution is 14.1. The Balaban J connectivity index is 4.01. The highest BCUT2D eigenvalue weighted by Gasteiger charge is 2.31. The van der Waals surface area contributed by atoms with Crippen molar-refractivity contribution >= 4 is 45.2 Å². The molecule has 0 amide bonds. The molecule has 0 fully saturated rings. The largest absolute Gasteiger partial charge is 0.326 e. The Labute approximate surface area is 82.4 Å². The highest BCUT2D eigenvalue weighted by Crippen LogP contribution is 2.22. The molecule has 0 rings (SSSR count). The van der Waals surface area contributed by atoms with Crippen LogP contribution in [-0.2, 0) is 0 Å². The maximum absolute atomic E-state index is 5.73. The van der Waals surface area contributed by atoms with Gasteiger partial charge in [-0.3, -0.25) is 0 Å². The number of alkyl halides is 2. The summed E-state index contributed by atoms with van der Waals surface area (Å²) >= 11 is 4.14. The van der Waals surface area contributed by atoms with Crippen molar-refractivity contribution in [1.82, 2.24) is 0 Å². The topological polar surface area (TPSA) is 78.1 Å². The molecule has 0 spiro atoms. The van der Waals surface area contributed by atoms with Crippen molar-refractivity contribution in [1.29, 1.82) is 0 Å². The zero-order valence-electron chi connectivity index (χ0n) is 5.14. The summed E-state index contributed by atoms with van der Waals surface area (Å²) in [7, 11) is 0. The maximum Gasteiger partial charge on any atom is 0.108 e. The maximum atomic E-state index is 5.73. The summed E-state index contributed by atoms with van der Waals surface area (Å²) in [5.41, 5.74) is 16.8. The van der Waals surface area contributed by atoms with Crippen LogP contribution < -0.4 is 17.2 Å². The lowest BCUT2D eigenvalue weighted by molar-refractivity contribution is 0.534. The molecule has 6 N–H and O–H groups in total. The van der Waals surface area contributed by atoms with Gasteiger partial charge in [-0.2, -0.15) is 0 Å². The van der Waals surface area contributed by atoms with Crippen LogP contribution in [0.25, 0.3) is 0 Å². The van der Waals surface area contributed by atoms with Gasteiger partial charge in [0.1, 0.15) is 3.55 Å². The fourth-order valence-electron chi connectivity index (χ4n) is 0.251. The van der Waals surface area contributed by atoms with Gasteiger partial charge >= 0.3 is 0 Å². The minimum Gasteiger partial charge on any atom is -0.326 e. The molecule has 0 aliphatic rings. The second-order valence-electron chi connectivity index (χ2n) is 2.02. The van der Waals surface area contributed by atoms with Crippen LogP contribution in [0.4, 0.5) is 0 Å². The highest BCUT2D eigenvalue weighted by atomic mass is 127. The number of halogens is 2. The van der Waals surface area contributed by atoms with Gasteiger partial charge in [-0.25, -0.2) is 0 Å². The van der Waals surface area contributed by atoms with E-state index in [1.54, 1.807) is 0 Å². The van der Waals surface area contributed by atoms with E-state index >= 15 is 0 Å². The lowest BCUT2D eigenvalue weighted by Crippen LogP contribution is -2.57. The summed E-state index contributed by atoms with van der Waals surface area (Å²) in [6.07, 6.45) is 0. The second kappa shape index (κ2) is 3.65. The van der Waals surface area contributed by atoms with Crippen molar-refractivity contribution in [2.24, 2.45) is 17.2 Å². The van der Waals surface area contributed by atoms with Crippen LogP contribution in [0.2, 0.25) is 0 Å². The molecule has 5 heteroatoms. The second-order valence-corrected chi connectivity index (χ2v) is 5.23. The summed E-state index contributed by atoms with van der Waals surface area (Å²) < 4.78 is -0.589. The van der Waals surface area contributed by atoms with Gasteiger partial charge in [0.15, 0.2) is 0 Å². The van der Waals surface area contributed by atoms with Crippen molar-refractivity contribution < 1.29 is 0 Å². The first-order valence-electron chi connectivity index (χ1n) is 2.52. The van der Waals surface area contributed by atoms with Crippen molar-refractivity contribution in [2.45, 2.75) is 20.6 Å². The van der Waals surface area contributed by atoms with Crippen LogP contribution in [-0.4, -0.2) is 13.6 Å². The Morgan fingerprint density at radius 3 is 1.78 bits per heavy atom. The molecule has 0 aromatic rings. The minimum absolute atomic E-state index is 0.0787. The molecule has 0 bridgehead atoms. The first-order valence-corrected chi connectivity index (χ1v) is 4.84. The molecule has 3 atom stereocenters. The average Bonchev–Trinajstić information content (AvgIpc) is 1.65. The molecular weight excluding hydrogens is 344 g/mol. The molecule has 0 aliphatic heterocycles. The molecule has 0 saturated carbocycles. The molecule has 0 heterocycles. The number of hydrogen-bond acceptors (Lipinski definition) is 3. The predicted molar refractivity (Wildman–Crippen MR) is 56.6 cm³/mol. The smallest absolute Gasteiger partial charge is 0.108 e. The fourth-order valence-corrected chi connectivity index (χ4v) is 0.818. The molecule has 0 saturated heterocycles. The van der Waals surface area contributed by atoms with Gasteiger partial charge in [0.2, 0.25) is 0 Å². The monoisotopic (exact) mass is 355 g/mol. The van der Waals surface area contributed by atoms with Crippen molar-refractivity contribution in [3.8, 4) is 0 Å². The number of hydrogen-bond donors (Lipinski definition) is 3. The summed E-state index contributed by atoms with van der Waals surface area (Å²) in [5, 5.41) is 0. The molecule has 56 valence electrons. The zero-order chi connectivity index (χ0) is 7.65. The van der Waals surface area contributed by atoms with E-state index in [4.69, 9.17) is 17.2 Å². The Morgan fingerprint density at radius 1 is 1.44 bits per heavy atom. The third-order valence-corrected chi connectivity index (χ3v) is 5.00. The van der Waals surface area contributed by atoms with E-state index in [1.807, 2.05) is 6.92 Å². The van der Waals surface area contributed by atoms with Crippen molar-refractivity contribution in [3.63, 3.8) is 0 Å². The van der Waals surface area contributed by atoms with Crippen molar-refractivity contribution in [2.75, 3.05) is 0 Å². The lowest BCUT2D eigenvalue weighted by atomic mass is 10.2. The lowest BCUT2D eigenvalue weighted by Gasteiger charge is -2.29. The molecule has 3 unspecified atom stereocenters. The van der Waals surface area contributed by atoms with E-state index in [-0.39, 0.29) is 10.1 Å². The normalized spacial score (nSPS) is 24.7. The molecular formula is C4H11I2N3. The van der Waals surface area contributed by atoms with Gasteiger partial charge in [-0.1, -0.05) is 45.2 Å². The van der Waals surface area contributed by atoms with Gasteiger partial charge in [0.25, 0.3) is 0 Å². The van der Waals surface area contributed by atoms with Crippen molar-refractivity contribution in [3.05, 3.63) is 0 Å². The Hall–Kier alpha value is 1.34. The standard InChI is InChI=1S/C4H11I2N3/c1-2(7)4(6,9)3(5)8/h2-3H,7-9H2,1H3. The van der Waals surface area contributed by atoms with E-state index in [2.05, 4.69) is 45.2 Å². The first-order chi connectivity index (χ1) is 3.89. The van der Waals surface area contributed by atoms with E-state index in [0.29, 0.717) is 0 Å². The summed E-state index contributed by atoms with van der Waals surface area (Å²) in [6.45, 7) is 1.85. The quantitative estimate of drug-likeness (QED) is 0.375. The van der Waals surface area contributed by atoms with E-state index in [9.17, 15) is 0 Å². The average molecular weight is 355 g/mol. The molecule has 0 aromatic heterocycles. The Bertz CT molecular complexity index is 81.8. The van der Waals surface area contributed by atoms with Gasteiger partial charge in [-0.05, 0) is 6.92 Å². The van der Waals surface area contributed by atoms with Gasteiger partial charge in [0.05, 0.1) is 4.05 Å². The van der Waals surface area contributed by atoms with E-state index in [0.717, 1.165) is 0 Å². The van der Waals surface area contributed by atoms with E-state index < -0.39 is 3.55 Å². The number of rotatable bonds is 2. The van der Waals surface area contributed by atoms with Gasteiger partial charge < -0.3 is 17.2 Å². The van der Waals surface area contributed by atoms with Crippen LogP contribution >= 0.6 is 45.2 Å². The van der Waals surface area contributed by atoms with E-state index in [1.165, 1.54) is 0 Å². The fraction of sp³-hybridized carbons (Fsp3) is 1.00. The van der Waals surface area contributed by atoms with Crippen LogP contribution in [0.1, 0.15) is 6.92 Å². The Kier molecular flexibility index (Phi) is 4.19. The van der Waals surface area contributed by atoms with Crippen LogP contribution in [0.3, 0.4) is 0 Å². The first kappa shape index (κ1) is 10.3. The molecule has 0 aromatic carbocycles. The summed E-state index contributed by atoms with van der Waals surface area (Å²) in [6, 6.07) is -0.0787. The minimum atomic E-state index is -0.488. The Morgan fingerprint density at radius 2 is 1.78 bits per heavy atom. The van der Waals surface area contributed by atoms with Crippen LogP contribution in [0.5, 0.6) is 0 Å². The van der Waals surface area contributed by atoms with Crippen LogP contribution in [0, 0.1) is 0 Å². The predicted octanol–water partition coefficient (Wildman–Crippen LogP) is 0.143. The zero-order valence-corrected chi connectivity index (χ0v) is 9.46. The molecule has 0 radical (unpaired) electrons. The molecule has 3 nitrogen and oxygen atoms in total. The van der Waals surface area contributed by atoms with Gasteiger partial charge in [0, 0.05) is 6.04 Å². The molecule has 0 aliphatic carbocycles. The SMILES string of the molecule is CC(N)C(N)(I)C(N)I. The third-order valence-electron chi connectivity index (χ3n) is 1.12. The van der Waals surface area contributed by atoms with Crippen LogP contribution in [0.15, 0.2) is 0 Å². The summed E-state index contributed by atoms with van der Waals surface area (Å²) in [5.74, 6) is 0. The molecule has 9 heavy (non-hydrogen) atoms. The number of nitrogens with two attached hydrogens (primary N) is 3. The third kappa shape index (κ3) is 2.83. The van der Waals surface area contributed by atoms with Gasteiger partial charge in [-0.15, -0.1) is 0 Å². The summed E-state index contributed by atoms with van der Waals surface area (Å²) in [4.78, 5) is 0.